The lowest BCUT2D eigenvalue weighted by molar-refractivity contribution is 0.0271. The molecule has 0 radical (unpaired) electrons. The Hall–Kier alpha value is -1.10. The quantitative estimate of drug-likeness (QED) is 0.904. The summed E-state index contributed by atoms with van der Waals surface area (Å²) in [7, 11) is 3.94. The second-order valence-electron chi connectivity index (χ2n) is 6.94. The van der Waals surface area contributed by atoms with Crippen molar-refractivity contribution in [2.45, 2.75) is 44.4 Å². The molecule has 4 heteroatoms. The number of fused-ring (bicyclic) bond motifs is 1. The van der Waals surface area contributed by atoms with Crippen molar-refractivity contribution in [1.82, 2.24) is 10.2 Å². The van der Waals surface area contributed by atoms with Crippen molar-refractivity contribution in [1.29, 1.82) is 0 Å². The van der Waals surface area contributed by atoms with Gasteiger partial charge in [-0.2, -0.15) is 0 Å². The minimum Gasteiger partial charge on any atom is -0.487 e. The summed E-state index contributed by atoms with van der Waals surface area (Å²) < 4.78 is 11.5. The summed E-state index contributed by atoms with van der Waals surface area (Å²) in [6.45, 7) is 6.04. The van der Waals surface area contributed by atoms with Gasteiger partial charge in [-0.3, -0.25) is 0 Å². The van der Waals surface area contributed by atoms with E-state index in [1.165, 1.54) is 11.1 Å². The van der Waals surface area contributed by atoms with Crippen molar-refractivity contribution in [3.8, 4) is 5.75 Å². The van der Waals surface area contributed by atoms with E-state index in [0.29, 0.717) is 6.04 Å². The zero-order chi connectivity index (χ0) is 15.6. The highest BCUT2D eigenvalue weighted by molar-refractivity contribution is 5.42. The Labute approximate surface area is 133 Å². The maximum Gasteiger partial charge on any atom is 0.123 e. The first-order valence-electron chi connectivity index (χ1n) is 8.32. The average molecular weight is 304 g/mol. The molecule has 0 aliphatic carbocycles. The van der Waals surface area contributed by atoms with Crippen molar-refractivity contribution in [3.05, 3.63) is 29.3 Å². The third kappa shape index (κ3) is 3.45. The number of nitrogens with zero attached hydrogens (tertiary/aromatic N) is 1. The fourth-order valence-corrected chi connectivity index (χ4v) is 3.50. The van der Waals surface area contributed by atoms with Crippen LogP contribution in [0, 0.1) is 0 Å². The summed E-state index contributed by atoms with van der Waals surface area (Å²) in [5.74, 6) is 1.10. The van der Waals surface area contributed by atoms with Crippen LogP contribution in [0.25, 0.3) is 0 Å². The van der Waals surface area contributed by atoms with Crippen LogP contribution in [-0.4, -0.2) is 50.4 Å². The van der Waals surface area contributed by atoms with Gasteiger partial charge < -0.3 is 19.7 Å². The van der Waals surface area contributed by atoms with Crippen LogP contribution < -0.4 is 10.1 Å². The van der Waals surface area contributed by atoms with Crippen LogP contribution in [0.4, 0.5) is 0 Å². The second-order valence-corrected chi connectivity index (χ2v) is 6.94. The SMILES string of the molecule is COC[C@H](C)NCc1ccc2c(c1)CC1(CCN(C)CC1)O2. The van der Waals surface area contributed by atoms with E-state index < -0.39 is 0 Å². The highest BCUT2D eigenvalue weighted by Crippen LogP contribution is 2.41. The zero-order valence-electron chi connectivity index (χ0n) is 14.0. The molecule has 1 N–H and O–H groups in total. The van der Waals surface area contributed by atoms with Crippen molar-refractivity contribution < 1.29 is 9.47 Å². The molecule has 22 heavy (non-hydrogen) atoms. The summed E-state index contributed by atoms with van der Waals surface area (Å²) in [5, 5.41) is 3.50. The van der Waals surface area contributed by atoms with Crippen LogP contribution in [0.3, 0.4) is 0 Å². The van der Waals surface area contributed by atoms with Gasteiger partial charge in [0.05, 0.1) is 6.61 Å². The fourth-order valence-electron chi connectivity index (χ4n) is 3.50. The van der Waals surface area contributed by atoms with E-state index in [4.69, 9.17) is 9.47 Å². The molecule has 2 heterocycles. The molecular weight excluding hydrogens is 276 g/mol. The summed E-state index contributed by atoms with van der Waals surface area (Å²) >= 11 is 0. The largest absolute Gasteiger partial charge is 0.487 e. The van der Waals surface area contributed by atoms with Crippen LogP contribution in [0.5, 0.6) is 5.75 Å². The molecular formula is C18H28N2O2. The van der Waals surface area contributed by atoms with E-state index in [-0.39, 0.29) is 5.60 Å². The van der Waals surface area contributed by atoms with E-state index >= 15 is 0 Å². The van der Waals surface area contributed by atoms with Gasteiger partial charge in [0.2, 0.25) is 0 Å². The number of hydrogen-bond donors (Lipinski definition) is 1. The maximum atomic E-state index is 6.34. The summed E-state index contributed by atoms with van der Waals surface area (Å²) in [6, 6.07) is 7.02. The average Bonchev–Trinajstić information content (AvgIpc) is 2.86. The van der Waals surface area contributed by atoms with Gasteiger partial charge in [0.25, 0.3) is 0 Å². The number of nitrogens with one attached hydrogen (secondary N) is 1. The second kappa shape index (κ2) is 6.57. The van der Waals surface area contributed by atoms with Crippen LogP contribution >= 0.6 is 0 Å². The molecule has 1 spiro atoms. The maximum absolute atomic E-state index is 6.34. The zero-order valence-corrected chi connectivity index (χ0v) is 14.0. The van der Waals surface area contributed by atoms with Gasteiger partial charge in [0, 0.05) is 52.0 Å². The van der Waals surface area contributed by atoms with E-state index in [0.717, 1.165) is 51.3 Å². The van der Waals surface area contributed by atoms with Gasteiger partial charge in [-0.1, -0.05) is 12.1 Å². The lowest BCUT2D eigenvalue weighted by Gasteiger charge is -2.37. The van der Waals surface area contributed by atoms with Crippen molar-refractivity contribution in [2.24, 2.45) is 0 Å². The minimum absolute atomic E-state index is 0.0598. The predicted octanol–water partition coefficient (Wildman–Crippen LogP) is 2.21. The molecule has 1 saturated heterocycles. The first-order chi connectivity index (χ1) is 10.6. The Kier molecular flexibility index (Phi) is 4.71. The van der Waals surface area contributed by atoms with Crippen molar-refractivity contribution in [3.63, 3.8) is 0 Å². The molecule has 0 saturated carbocycles. The minimum atomic E-state index is 0.0598. The van der Waals surface area contributed by atoms with Gasteiger partial charge in [-0.15, -0.1) is 0 Å². The third-order valence-electron chi connectivity index (χ3n) is 4.93. The summed E-state index contributed by atoms with van der Waals surface area (Å²) in [4.78, 5) is 2.39. The number of likely N-dealkylation sites (tertiary alicyclic amines) is 1. The molecule has 122 valence electrons. The van der Waals surface area contributed by atoms with Gasteiger partial charge in [-0.05, 0) is 31.2 Å². The highest BCUT2D eigenvalue weighted by Gasteiger charge is 2.41. The van der Waals surface area contributed by atoms with Crippen LogP contribution in [0.2, 0.25) is 0 Å². The Morgan fingerprint density at radius 3 is 2.86 bits per heavy atom. The molecule has 1 aromatic carbocycles. The molecule has 1 aromatic rings. The van der Waals surface area contributed by atoms with E-state index in [9.17, 15) is 0 Å². The topological polar surface area (TPSA) is 33.7 Å². The van der Waals surface area contributed by atoms with Crippen molar-refractivity contribution in [2.75, 3.05) is 33.9 Å². The van der Waals surface area contributed by atoms with Crippen LogP contribution in [0.15, 0.2) is 18.2 Å². The number of methoxy groups -OCH3 is 1. The number of piperidine rings is 1. The highest BCUT2D eigenvalue weighted by atomic mass is 16.5. The number of hydrogen-bond acceptors (Lipinski definition) is 4. The molecule has 1 fully saturated rings. The van der Waals surface area contributed by atoms with Gasteiger partial charge in [0.15, 0.2) is 0 Å². The van der Waals surface area contributed by atoms with Crippen molar-refractivity contribution >= 4 is 0 Å². The predicted molar refractivity (Wildman–Crippen MR) is 88.4 cm³/mol. The lowest BCUT2D eigenvalue weighted by Crippen LogP contribution is -2.45. The van der Waals surface area contributed by atoms with E-state index in [1.54, 1.807) is 7.11 Å². The third-order valence-corrected chi connectivity index (χ3v) is 4.93. The monoisotopic (exact) mass is 304 g/mol. The van der Waals surface area contributed by atoms with E-state index in [1.807, 2.05) is 0 Å². The Morgan fingerprint density at radius 2 is 2.14 bits per heavy atom. The first-order valence-corrected chi connectivity index (χ1v) is 8.32. The van der Waals surface area contributed by atoms with E-state index in [2.05, 4.69) is 42.4 Å². The Balaban J connectivity index is 1.62. The fraction of sp³-hybridized carbons (Fsp3) is 0.667. The lowest BCUT2D eigenvalue weighted by atomic mass is 9.87. The molecule has 2 aliphatic rings. The van der Waals surface area contributed by atoms with Gasteiger partial charge in [-0.25, -0.2) is 0 Å². The molecule has 0 bridgehead atoms. The molecule has 2 aliphatic heterocycles. The molecule has 0 unspecified atom stereocenters. The summed E-state index contributed by atoms with van der Waals surface area (Å²) in [6.07, 6.45) is 3.34. The number of benzene rings is 1. The first kappa shape index (κ1) is 15.8. The Morgan fingerprint density at radius 1 is 1.36 bits per heavy atom. The molecule has 4 nitrogen and oxygen atoms in total. The molecule has 0 aromatic heterocycles. The molecule has 3 rings (SSSR count). The summed E-state index contributed by atoms with van der Waals surface area (Å²) in [5.41, 5.74) is 2.77. The number of ether oxygens (including phenoxy) is 2. The standard InChI is InChI=1S/C18H28N2O2/c1-14(13-21-3)19-12-15-4-5-17-16(10-15)11-18(22-17)6-8-20(2)9-7-18/h4-5,10,14,19H,6-9,11-13H2,1-3H3/t14-/m0/s1. The van der Waals surface area contributed by atoms with Gasteiger partial charge >= 0.3 is 0 Å². The normalized spacial score (nSPS) is 21.6. The smallest absolute Gasteiger partial charge is 0.123 e. The van der Waals surface area contributed by atoms with Crippen LogP contribution in [-0.2, 0) is 17.7 Å². The van der Waals surface area contributed by atoms with Crippen LogP contribution in [0.1, 0.15) is 30.9 Å². The van der Waals surface area contributed by atoms with Gasteiger partial charge in [0.1, 0.15) is 11.4 Å². The molecule has 0 amide bonds. The molecule has 1 atom stereocenters. The Bertz CT molecular complexity index is 510. The number of rotatable bonds is 5.